The zero-order valence-corrected chi connectivity index (χ0v) is 13.6. The highest BCUT2D eigenvalue weighted by Gasteiger charge is 2.17. The van der Waals surface area contributed by atoms with Crippen molar-refractivity contribution in [2.24, 2.45) is 5.73 Å². The molecule has 20 heavy (non-hydrogen) atoms. The first-order valence-corrected chi connectivity index (χ1v) is 8.90. The average molecular weight is 311 g/mol. The van der Waals surface area contributed by atoms with E-state index in [0.717, 1.165) is 29.9 Å². The third-order valence-corrected chi connectivity index (χ3v) is 5.21. The van der Waals surface area contributed by atoms with Gasteiger partial charge < -0.3 is 11.1 Å². The van der Waals surface area contributed by atoms with E-state index < -0.39 is 10.8 Å². The molecule has 2 unspecified atom stereocenters. The van der Waals surface area contributed by atoms with Gasteiger partial charge in [-0.1, -0.05) is 12.2 Å². The van der Waals surface area contributed by atoms with Crippen molar-refractivity contribution in [3.63, 3.8) is 0 Å². The first-order chi connectivity index (χ1) is 9.49. The molecule has 0 fully saturated rings. The van der Waals surface area contributed by atoms with Crippen molar-refractivity contribution in [3.05, 3.63) is 22.9 Å². The molecule has 0 aromatic carbocycles. The lowest BCUT2D eigenvalue weighted by Gasteiger charge is -2.20. The Morgan fingerprint density at radius 3 is 2.90 bits per heavy atom. The zero-order valence-electron chi connectivity index (χ0n) is 11.9. The van der Waals surface area contributed by atoms with E-state index >= 15 is 0 Å². The molecule has 0 bridgehead atoms. The molecule has 0 saturated heterocycles. The Morgan fingerprint density at radius 2 is 2.25 bits per heavy atom. The molecule has 1 aromatic rings. The van der Waals surface area contributed by atoms with Crippen molar-refractivity contribution in [1.29, 1.82) is 0 Å². The summed E-state index contributed by atoms with van der Waals surface area (Å²) in [4.78, 5) is 5.05. The lowest BCUT2D eigenvalue weighted by atomic mass is 9.94. The monoisotopic (exact) mass is 311 g/mol. The van der Waals surface area contributed by atoms with Gasteiger partial charge in [0.15, 0.2) is 0 Å². The Morgan fingerprint density at radius 1 is 1.55 bits per heavy atom. The maximum Gasteiger partial charge on any atom is 0.136 e. The van der Waals surface area contributed by atoms with Gasteiger partial charge in [0, 0.05) is 34.5 Å². The van der Waals surface area contributed by atoms with E-state index in [4.69, 9.17) is 18.0 Å². The number of thiocarbonyl (C=S) groups is 1. The average Bonchev–Trinajstić information content (AvgIpc) is 2.43. The van der Waals surface area contributed by atoms with Crippen LogP contribution in [0.3, 0.4) is 0 Å². The lowest BCUT2D eigenvalue weighted by molar-refractivity contribution is 0.667. The molecule has 110 valence electrons. The molecule has 1 aromatic heterocycles. The summed E-state index contributed by atoms with van der Waals surface area (Å²) in [7, 11) is -0.858. The minimum atomic E-state index is -0.858. The second-order valence-electron chi connectivity index (χ2n) is 5.25. The van der Waals surface area contributed by atoms with Crippen molar-refractivity contribution < 1.29 is 4.21 Å². The van der Waals surface area contributed by atoms with E-state index in [1.807, 2.05) is 6.92 Å². The van der Waals surface area contributed by atoms with Crippen LogP contribution in [0.2, 0.25) is 0 Å². The number of hydrogen-bond donors (Lipinski definition) is 2. The number of pyridine rings is 1. The molecular weight excluding hydrogens is 290 g/mol. The second-order valence-corrected chi connectivity index (χ2v) is 7.49. The number of anilines is 1. The summed E-state index contributed by atoms with van der Waals surface area (Å²) in [6, 6.07) is 2.07. The van der Waals surface area contributed by atoms with Gasteiger partial charge in [-0.2, -0.15) is 0 Å². The highest BCUT2D eigenvalue weighted by atomic mass is 32.2. The predicted octanol–water partition coefficient (Wildman–Crippen LogP) is 1.77. The number of rotatable bonds is 5. The minimum Gasteiger partial charge on any atom is -0.389 e. The molecule has 0 spiro atoms. The van der Waals surface area contributed by atoms with Gasteiger partial charge in [0.05, 0.1) is 5.56 Å². The fourth-order valence-electron chi connectivity index (χ4n) is 2.31. The van der Waals surface area contributed by atoms with Crippen molar-refractivity contribution >= 4 is 33.8 Å². The third kappa shape index (κ3) is 3.55. The molecule has 1 heterocycles. The third-order valence-electron chi connectivity index (χ3n) is 3.69. The number of hydrogen-bond acceptors (Lipinski definition) is 4. The van der Waals surface area contributed by atoms with Crippen LogP contribution >= 0.6 is 12.2 Å². The Kier molecular flexibility index (Phi) is 5.10. The molecule has 3 N–H and O–H groups in total. The first-order valence-electron chi connectivity index (χ1n) is 6.87. The molecule has 1 aliphatic rings. The highest BCUT2D eigenvalue weighted by molar-refractivity contribution is 7.84. The fourth-order valence-corrected chi connectivity index (χ4v) is 2.79. The highest BCUT2D eigenvalue weighted by Crippen LogP contribution is 2.24. The van der Waals surface area contributed by atoms with Crippen molar-refractivity contribution in [3.8, 4) is 0 Å². The minimum absolute atomic E-state index is 0.0621. The second kappa shape index (κ2) is 6.63. The molecular formula is C14H21N3OS2. The van der Waals surface area contributed by atoms with Crippen molar-refractivity contribution in [2.45, 2.75) is 37.9 Å². The van der Waals surface area contributed by atoms with Gasteiger partial charge in [-0.25, -0.2) is 4.98 Å². The lowest BCUT2D eigenvalue weighted by Crippen LogP contribution is -2.24. The maximum absolute atomic E-state index is 11.4. The summed E-state index contributed by atoms with van der Waals surface area (Å²) < 4.78 is 11.4. The van der Waals surface area contributed by atoms with E-state index in [1.54, 1.807) is 6.26 Å². The van der Waals surface area contributed by atoms with Crippen LogP contribution < -0.4 is 11.1 Å². The molecule has 0 amide bonds. The maximum atomic E-state index is 11.4. The zero-order chi connectivity index (χ0) is 14.7. The van der Waals surface area contributed by atoms with Gasteiger partial charge in [0.25, 0.3) is 0 Å². The smallest absolute Gasteiger partial charge is 0.136 e. The van der Waals surface area contributed by atoms with Crippen LogP contribution in [0.25, 0.3) is 0 Å². The topological polar surface area (TPSA) is 68.0 Å². The molecule has 2 rings (SSSR count). The summed E-state index contributed by atoms with van der Waals surface area (Å²) in [6.45, 7) is 2.55. The van der Waals surface area contributed by atoms with Crippen LogP contribution in [0.15, 0.2) is 6.07 Å². The SMILES string of the molecule is CC(CNc1nc2c(cc1C(N)=S)CCCC2)S(C)=O. The van der Waals surface area contributed by atoms with Gasteiger partial charge in [-0.05, 0) is 44.2 Å². The van der Waals surface area contributed by atoms with Crippen LogP contribution in [0.1, 0.15) is 36.6 Å². The standard InChI is InChI=1S/C14H21N3OS2/c1-9(20(2)18)8-16-14-11(13(15)19)7-10-5-3-4-6-12(10)17-14/h7,9H,3-6,8H2,1-2H3,(H2,15,19)(H,16,17). The number of aryl methyl sites for hydroxylation is 2. The van der Waals surface area contributed by atoms with Crippen LogP contribution in [-0.2, 0) is 23.6 Å². The van der Waals surface area contributed by atoms with Crippen molar-refractivity contribution in [1.82, 2.24) is 4.98 Å². The summed E-state index contributed by atoms with van der Waals surface area (Å²) in [6.07, 6.45) is 6.15. The van der Waals surface area contributed by atoms with Gasteiger partial charge in [0.1, 0.15) is 10.8 Å². The van der Waals surface area contributed by atoms with E-state index in [2.05, 4.69) is 16.4 Å². The number of nitrogens with two attached hydrogens (primary N) is 1. The normalized spacial score (nSPS) is 17.1. The van der Waals surface area contributed by atoms with E-state index in [-0.39, 0.29) is 5.25 Å². The quantitative estimate of drug-likeness (QED) is 0.811. The van der Waals surface area contributed by atoms with Crippen molar-refractivity contribution in [2.75, 3.05) is 18.1 Å². The molecule has 1 aliphatic carbocycles. The fraction of sp³-hybridized carbons (Fsp3) is 0.571. The van der Waals surface area contributed by atoms with E-state index in [0.29, 0.717) is 11.5 Å². The van der Waals surface area contributed by atoms with Crippen LogP contribution in [-0.4, -0.2) is 32.2 Å². The molecule has 0 saturated carbocycles. The Balaban J connectivity index is 2.25. The van der Waals surface area contributed by atoms with Crippen LogP contribution in [0.4, 0.5) is 5.82 Å². The molecule has 0 radical (unpaired) electrons. The van der Waals surface area contributed by atoms with E-state index in [1.165, 1.54) is 18.4 Å². The van der Waals surface area contributed by atoms with Gasteiger partial charge in [0.2, 0.25) is 0 Å². The number of aromatic nitrogens is 1. The van der Waals surface area contributed by atoms with Crippen LogP contribution in [0, 0.1) is 0 Å². The molecule has 4 nitrogen and oxygen atoms in total. The number of nitrogens with zero attached hydrogens (tertiary/aromatic N) is 1. The molecule has 0 aliphatic heterocycles. The predicted molar refractivity (Wildman–Crippen MR) is 88.8 cm³/mol. The summed E-state index contributed by atoms with van der Waals surface area (Å²) in [5.74, 6) is 0.732. The Labute approximate surface area is 128 Å². The first kappa shape index (κ1) is 15.4. The Bertz CT molecular complexity index is 545. The molecule has 2 atom stereocenters. The summed E-state index contributed by atoms with van der Waals surface area (Å²) in [5, 5.41) is 3.32. The van der Waals surface area contributed by atoms with Gasteiger partial charge in [-0.3, -0.25) is 4.21 Å². The number of fused-ring (bicyclic) bond motifs is 1. The summed E-state index contributed by atoms with van der Waals surface area (Å²) in [5.41, 5.74) is 9.01. The van der Waals surface area contributed by atoms with Crippen LogP contribution in [0.5, 0.6) is 0 Å². The van der Waals surface area contributed by atoms with Gasteiger partial charge in [-0.15, -0.1) is 0 Å². The number of nitrogens with one attached hydrogen (secondary N) is 1. The Hall–Kier alpha value is -1.01. The summed E-state index contributed by atoms with van der Waals surface area (Å²) >= 11 is 5.12. The van der Waals surface area contributed by atoms with E-state index in [9.17, 15) is 4.21 Å². The van der Waals surface area contributed by atoms with Gasteiger partial charge >= 0.3 is 0 Å². The largest absolute Gasteiger partial charge is 0.389 e. The molecule has 6 heteroatoms.